The number of carbonyl (C=O) groups excluding carboxylic acids is 4. The maximum atomic E-state index is 14.0. The number of benzene rings is 2. The van der Waals surface area contributed by atoms with Crippen LogP contribution in [0.25, 0.3) is 0 Å². The lowest BCUT2D eigenvalue weighted by atomic mass is 9.50. The molecule has 2 aromatic carbocycles. The first-order valence-corrected chi connectivity index (χ1v) is 17.0. The summed E-state index contributed by atoms with van der Waals surface area (Å²) in [4.78, 5) is 54.1. The molecule has 2 aliphatic heterocycles. The van der Waals surface area contributed by atoms with E-state index in [2.05, 4.69) is 4.90 Å². The summed E-state index contributed by atoms with van der Waals surface area (Å²) in [5.41, 5.74) is -1.79. The van der Waals surface area contributed by atoms with Crippen molar-refractivity contribution in [1.82, 2.24) is 4.90 Å². The van der Waals surface area contributed by atoms with Gasteiger partial charge in [0.05, 0.1) is 23.9 Å². The highest BCUT2D eigenvalue weighted by molar-refractivity contribution is 5.83. The van der Waals surface area contributed by atoms with Crippen molar-refractivity contribution in [2.45, 2.75) is 114 Å². The quantitative estimate of drug-likeness (QED) is 0.220. The predicted molar refractivity (Wildman–Crippen MR) is 178 cm³/mol. The largest absolute Gasteiger partial charge is 0.514 e. The molecule has 2 bridgehead atoms. The van der Waals surface area contributed by atoms with E-state index >= 15 is 0 Å². The van der Waals surface area contributed by atoms with E-state index in [0.717, 1.165) is 11.1 Å². The number of nitrogens with zero attached hydrogens (tertiary/aromatic N) is 1. The minimum Gasteiger partial charge on any atom is -0.477 e. The summed E-state index contributed by atoms with van der Waals surface area (Å²) in [6.07, 6.45) is -1.02. The molecular weight excluding hydrogens is 646 g/mol. The number of hydrogen-bond donors (Lipinski definition) is 1. The molecule has 2 heterocycles. The van der Waals surface area contributed by atoms with Crippen molar-refractivity contribution in [3.8, 4) is 11.5 Å². The minimum absolute atomic E-state index is 0.133. The molecule has 6 rings (SSSR count). The standard InChI is InChI=1S/C38H45NO11/c1-35(2,3)49-28(41)16-15-27(40)47-30(22-11-9-8-10-12-22)33(42)45-25-17-18-38(44)26-21-23-13-14-24(46-34(43)50-36(4,5)6)31-29(23)37(38,32(25)48-31)19-20-39(26)7/h8-14,17,26,30,32,44H,15-16,18-21H2,1-7H3/t26-,30?,32+,37+,38-/m1/s1. The summed E-state index contributed by atoms with van der Waals surface area (Å²) < 4.78 is 34.7. The van der Waals surface area contributed by atoms with Crippen LogP contribution in [-0.2, 0) is 45.2 Å². The van der Waals surface area contributed by atoms with Gasteiger partial charge in [-0.2, -0.15) is 0 Å². The van der Waals surface area contributed by atoms with Crippen LogP contribution in [-0.4, -0.2) is 76.6 Å². The van der Waals surface area contributed by atoms with E-state index < -0.39 is 58.5 Å². The topological polar surface area (TPSA) is 147 Å². The first-order valence-electron chi connectivity index (χ1n) is 17.0. The summed E-state index contributed by atoms with van der Waals surface area (Å²) in [6.45, 7) is 11.0. The molecule has 1 saturated heterocycles. The van der Waals surface area contributed by atoms with Crippen molar-refractivity contribution < 1.29 is 52.7 Å². The van der Waals surface area contributed by atoms with E-state index in [1.165, 1.54) is 0 Å². The highest BCUT2D eigenvalue weighted by atomic mass is 16.7. The second-order valence-corrected chi connectivity index (χ2v) is 15.4. The Hall–Kier alpha value is -4.42. The zero-order valence-electron chi connectivity index (χ0n) is 29.6. The molecule has 0 amide bonds. The first-order chi connectivity index (χ1) is 23.4. The molecule has 5 atom stereocenters. The van der Waals surface area contributed by atoms with Crippen LogP contribution in [0.15, 0.2) is 54.3 Å². The van der Waals surface area contributed by atoms with Crippen molar-refractivity contribution in [1.29, 1.82) is 0 Å². The lowest BCUT2D eigenvalue weighted by Crippen LogP contribution is -2.74. The molecule has 50 heavy (non-hydrogen) atoms. The molecule has 1 N–H and O–H groups in total. The van der Waals surface area contributed by atoms with Crippen LogP contribution >= 0.6 is 0 Å². The molecule has 0 aromatic heterocycles. The smallest absolute Gasteiger partial charge is 0.477 e. The number of carbonyl (C=O) groups is 4. The van der Waals surface area contributed by atoms with Gasteiger partial charge < -0.3 is 38.4 Å². The molecule has 12 heteroatoms. The van der Waals surface area contributed by atoms with Crippen molar-refractivity contribution >= 4 is 24.1 Å². The third-order valence-electron chi connectivity index (χ3n) is 9.66. The van der Waals surface area contributed by atoms with Crippen LogP contribution in [0.5, 0.6) is 11.5 Å². The average molecular weight is 692 g/mol. The second-order valence-electron chi connectivity index (χ2n) is 15.4. The van der Waals surface area contributed by atoms with E-state index in [-0.39, 0.29) is 42.6 Å². The lowest BCUT2D eigenvalue weighted by molar-refractivity contribution is -0.177. The van der Waals surface area contributed by atoms with Gasteiger partial charge in [0.25, 0.3) is 0 Å². The van der Waals surface area contributed by atoms with Gasteiger partial charge in [0.15, 0.2) is 17.6 Å². The molecule has 268 valence electrons. The van der Waals surface area contributed by atoms with Gasteiger partial charge in [-0.1, -0.05) is 36.4 Å². The molecule has 0 radical (unpaired) electrons. The molecule has 1 unspecified atom stereocenters. The van der Waals surface area contributed by atoms with Gasteiger partial charge >= 0.3 is 24.1 Å². The molecule has 12 nitrogen and oxygen atoms in total. The predicted octanol–water partition coefficient (Wildman–Crippen LogP) is 5.23. The monoisotopic (exact) mass is 691 g/mol. The zero-order valence-corrected chi connectivity index (χ0v) is 29.6. The van der Waals surface area contributed by atoms with Gasteiger partial charge in [0.2, 0.25) is 6.10 Å². The summed E-state index contributed by atoms with van der Waals surface area (Å²) in [5.74, 6) is -1.65. The van der Waals surface area contributed by atoms with Crippen molar-refractivity contribution in [2.24, 2.45) is 0 Å². The third-order valence-corrected chi connectivity index (χ3v) is 9.66. The first kappa shape index (κ1) is 35.4. The normalized spacial score (nSPS) is 25.6. The number of likely N-dealkylation sites (tertiary alicyclic amines) is 1. The van der Waals surface area contributed by atoms with Gasteiger partial charge in [0, 0.05) is 23.6 Å². The van der Waals surface area contributed by atoms with Crippen LogP contribution in [0.3, 0.4) is 0 Å². The second kappa shape index (κ2) is 12.7. The lowest BCUT2D eigenvalue weighted by Gasteiger charge is -2.61. The Labute approximate surface area is 291 Å². The average Bonchev–Trinajstić information content (AvgIpc) is 3.38. The maximum Gasteiger partial charge on any atom is 0.514 e. The fourth-order valence-corrected chi connectivity index (χ4v) is 7.70. The maximum absolute atomic E-state index is 14.0. The number of rotatable bonds is 8. The van der Waals surface area contributed by atoms with E-state index in [1.54, 1.807) is 84.0 Å². The molecule has 0 saturated carbocycles. The Morgan fingerprint density at radius 2 is 1.62 bits per heavy atom. The Morgan fingerprint density at radius 1 is 0.940 bits per heavy atom. The Morgan fingerprint density at radius 3 is 2.30 bits per heavy atom. The number of piperidine rings is 1. The summed E-state index contributed by atoms with van der Waals surface area (Å²) in [5, 5.41) is 12.6. The summed E-state index contributed by atoms with van der Waals surface area (Å²) in [7, 11) is 1.98. The highest BCUT2D eigenvalue weighted by Crippen LogP contribution is 2.65. The van der Waals surface area contributed by atoms with Crippen molar-refractivity contribution in [3.05, 3.63) is 71.0 Å². The van der Waals surface area contributed by atoms with E-state index in [0.29, 0.717) is 24.9 Å². The fourth-order valence-electron chi connectivity index (χ4n) is 7.70. The summed E-state index contributed by atoms with van der Waals surface area (Å²) >= 11 is 0. The Kier molecular flexibility index (Phi) is 9.01. The Bertz CT molecular complexity index is 1720. The van der Waals surface area contributed by atoms with Crippen LogP contribution in [0.4, 0.5) is 4.79 Å². The van der Waals surface area contributed by atoms with Crippen LogP contribution in [0, 0.1) is 0 Å². The number of ether oxygens (including phenoxy) is 6. The van der Waals surface area contributed by atoms with E-state index in [4.69, 9.17) is 28.4 Å². The number of aliphatic hydroxyl groups is 1. The minimum atomic E-state index is -1.46. The van der Waals surface area contributed by atoms with E-state index in [1.807, 2.05) is 13.1 Å². The van der Waals surface area contributed by atoms with Gasteiger partial charge in [-0.3, -0.25) is 9.59 Å². The molecule has 2 aliphatic carbocycles. The number of esters is 3. The highest BCUT2D eigenvalue weighted by Gasteiger charge is 2.72. The van der Waals surface area contributed by atoms with Gasteiger partial charge in [-0.15, -0.1) is 0 Å². The molecular formula is C38H45NO11. The molecule has 1 spiro atoms. The molecule has 4 aliphatic rings. The number of likely N-dealkylation sites (N-methyl/N-ethyl adjacent to an activating group) is 1. The van der Waals surface area contributed by atoms with Gasteiger partial charge in [-0.05, 0) is 85.7 Å². The van der Waals surface area contributed by atoms with Gasteiger partial charge in [-0.25, -0.2) is 9.59 Å². The van der Waals surface area contributed by atoms with Crippen LogP contribution in [0.1, 0.15) is 90.0 Å². The SMILES string of the molecule is CN1CC[C@]23c4c5ccc(OC(=O)OC(C)(C)C)c4O[C@H]2C(OC(=O)C(OC(=O)CCC(=O)OC(C)(C)C)c2ccccc2)=CC[C@@]3(O)[C@H]1C5. The van der Waals surface area contributed by atoms with E-state index in [9.17, 15) is 24.3 Å². The summed E-state index contributed by atoms with van der Waals surface area (Å²) in [6, 6.07) is 11.7. The zero-order chi connectivity index (χ0) is 36.2. The molecule has 1 fully saturated rings. The van der Waals surface area contributed by atoms with Crippen LogP contribution < -0.4 is 9.47 Å². The third kappa shape index (κ3) is 6.46. The molecule has 2 aromatic rings. The van der Waals surface area contributed by atoms with Crippen molar-refractivity contribution in [3.63, 3.8) is 0 Å². The van der Waals surface area contributed by atoms with Crippen LogP contribution in [0.2, 0.25) is 0 Å². The van der Waals surface area contributed by atoms with Gasteiger partial charge in [0.1, 0.15) is 17.0 Å². The fraction of sp³-hybridized carbons (Fsp3) is 0.526. The Balaban J connectivity index is 1.30. The van der Waals surface area contributed by atoms with Crippen molar-refractivity contribution in [2.75, 3.05) is 13.6 Å². The number of hydrogen-bond acceptors (Lipinski definition) is 12.